The van der Waals surface area contributed by atoms with E-state index in [0.29, 0.717) is 29.5 Å². The summed E-state index contributed by atoms with van der Waals surface area (Å²) in [6.07, 6.45) is 0.847. The Labute approximate surface area is 172 Å². The standard InChI is InChI=1S/C21H20N4O3S/c1-2-11-24-18(12-29-21(24)28)22-13-25-17-6-4-3-5-16(17)19(20(25)27)23-14-7-9-15(26)10-8-14/h3-10,26H,2,11-13H2,1H3/b22-18-,23-19?. The number of rotatable bonds is 5. The van der Waals surface area contributed by atoms with Gasteiger partial charge in [-0.25, -0.2) is 9.98 Å². The number of para-hydroxylation sites is 1. The van der Waals surface area contributed by atoms with E-state index >= 15 is 0 Å². The minimum Gasteiger partial charge on any atom is -0.508 e. The molecule has 29 heavy (non-hydrogen) atoms. The average molecular weight is 408 g/mol. The van der Waals surface area contributed by atoms with Crippen LogP contribution in [0.5, 0.6) is 5.75 Å². The highest BCUT2D eigenvalue weighted by atomic mass is 32.2. The van der Waals surface area contributed by atoms with Gasteiger partial charge in [0.25, 0.3) is 11.1 Å². The first kappa shape index (κ1) is 19.2. The summed E-state index contributed by atoms with van der Waals surface area (Å²) in [4.78, 5) is 37.5. The normalized spacial score (nSPS) is 18.9. The van der Waals surface area contributed by atoms with E-state index < -0.39 is 0 Å². The first-order valence-electron chi connectivity index (χ1n) is 9.35. The van der Waals surface area contributed by atoms with E-state index in [1.807, 2.05) is 31.2 Å². The van der Waals surface area contributed by atoms with E-state index in [2.05, 4.69) is 9.98 Å². The van der Waals surface area contributed by atoms with Crippen LogP contribution >= 0.6 is 11.8 Å². The molecule has 1 fully saturated rings. The number of amidine groups is 1. The molecule has 0 radical (unpaired) electrons. The number of carbonyl (C=O) groups excluding carboxylic acids is 2. The molecule has 2 aromatic rings. The minimum atomic E-state index is -0.234. The van der Waals surface area contributed by atoms with E-state index in [1.54, 1.807) is 21.9 Å². The lowest BCUT2D eigenvalue weighted by atomic mass is 10.1. The second kappa shape index (κ2) is 8.08. The molecule has 0 unspecified atom stereocenters. The Balaban J connectivity index is 1.64. The van der Waals surface area contributed by atoms with Gasteiger partial charge in [0.05, 0.1) is 17.1 Å². The Kier molecular flexibility index (Phi) is 5.35. The summed E-state index contributed by atoms with van der Waals surface area (Å²) in [5.74, 6) is 1.14. The lowest BCUT2D eigenvalue weighted by Crippen LogP contribution is -2.34. The van der Waals surface area contributed by atoms with E-state index in [-0.39, 0.29) is 23.6 Å². The van der Waals surface area contributed by atoms with E-state index in [4.69, 9.17) is 0 Å². The van der Waals surface area contributed by atoms with Crippen LogP contribution < -0.4 is 4.90 Å². The smallest absolute Gasteiger partial charge is 0.287 e. The van der Waals surface area contributed by atoms with Crippen molar-refractivity contribution < 1.29 is 14.7 Å². The van der Waals surface area contributed by atoms with Gasteiger partial charge >= 0.3 is 0 Å². The van der Waals surface area contributed by atoms with Gasteiger partial charge in [-0.1, -0.05) is 36.9 Å². The van der Waals surface area contributed by atoms with Crippen molar-refractivity contribution in [1.29, 1.82) is 0 Å². The van der Waals surface area contributed by atoms with Gasteiger partial charge in [0.2, 0.25) is 0 Å². The molecule has 2 heterocycles. The zero-order valence-electron chi connectivity index (χ0n) is 15.9. The van der Waals surface area contributed by atoms with Crippen LogP contribution in [0, 0.1) is 0 Å². The van der Waals surface area contributed by atoms with Crippen molar-refractivity contribution in [1.82, 2.24) is 4.90 Å². The molecule has 0 saturated carbocycles. The summed E-state index contributed by atoms with van der Waals surface area (Å²) in [7, 11) is 0. The molecule has 0 spiro atoms. The third kappa shape index (κ3) is 3.75. The number of amides is 2. The van der Waals surface area contributed by atoms with Crippen LogP contribution in [0.4, 0.5) is 16.2 Å². The number of phenolic OH excluding ortho intramolecular Hbond substituents is 1. The second-order valence-electron chi connectivity index (χ2n) is 6.65. The molecule has 8 heteroatoms. The fraction of sp³-hybridized carbons (Fsp3) is 0.238. The third-order valence-electron chi connectivity index (χ3n) is 4.69. The average Bonchev–Trinajstić information content (AvgIpc) is 3.20. The third-order valence-corrected chi connectivity index (χ3v) is 5.56. The Hall–Kier alpha value is -3.13. The molecule has 2 aromatic carbocycles. The van der Waals surface area contributed by atoms with E-state index in [9.17, 15) is 14.7 Å². The number of thioether (sulfide) groups is 1. The van der Waals surface area contributed by atoms with Gasteiger partial charge in [-0.2, -0.15) is 0 Å². The summed E-state index contributed by atoms with van der Waals surface area (Å²) in [6.45, 7) is 2.77. The van der Waals surface area contributed by atoms with Crippen LogP contribution in [0.1, 0.15) is 18.9 Å². The van der Waals surface area contributed by atoms with Crippen LogP contribution in [0.25, 0.3) is 0 Å². The Morgan fingerprint density at radius 3 is 2.59 bits per heavy atom. The first-order chi connectivity index (χ1) is 14.1. The maximum atomic E-state index is 13.1. The number of nitrogens with zero attached hydrogens (tertiary/aromatic N) is 4. The number of aliphatic imine (C=N–C) groups is 2. The van der Waals surface area contributed by atoms with Crippen molar-refractivity contribution in [3.05, 3.63) is 54.1 Å². The molecule has 2 aliphatic rings. The van der Waals surface area contributed by atoms with Crippen molar-refractivity contribution in [3.8, 4) is 5.75 Å². The molecule has 2 aliphatic heterocycles. The molecule has 0 aliphatic carbocycles. The quantitative estimate of drug-likeness (QED) is 0.816. The number of fused-ring (bicyclic) bond motifs is 1. The fourth-order valence-electron chi connectivity index (χ4n) is 3.28. The van der Waals surface area contributed by atoms with Crippen LogP contribution in [-0.4, -0.2) is 51.7 Å². The van der Waals surface area contributed by atoms with Gasteiger partial charge in [0.15, 0.2) is 0 Å². The summed E-state index contributed by atoms with van der Waals surface area (Å²) in [6, 6.07) is 13.8. The monoisotopic (exact) mass is 408 g/mol. The first-order valence-corrected chi connectivity index (χ1v) is 10.3. The maximum Gasteiger partial charge on any atom is 0.287 e. The Morgan fingerprint density at radius 2 is 1.83 bits per heavy atom. The van der Waals surface area contributed by atoms with Crippen LogP contribution in [0.3, 0.4) is 0 Å². The number of carbonyl (C=O) groups is 2. The van der Waals surface area contributed by atoms with Crippen molar-refractivity contribution >= 4 is 45.8 Å². The van der Waals surface area contributed by atoms with Gasteiger partial charge < -0.3 is 5.11 Å². The topological polar surface area (TPSA) is 85.6 Å². The van der Waals surface area contributed by atoms with Gasteiger partial charge in [0, 0.05) is 12.1 Å². The molecule has 1 N–H and O–H groups in total. The molecular weight excluding hydrogens is 388 g/mol. The highest BCUT2D eigenvalue weighted by Crippen LogP contribution is 2.31. The SMILES string of the molecule is CCCN1C(=O)SC/C1=N/CN1C(=O)C(=Nc2ccc(O)cc2)c2ccccc21. The Bertz CT molecular complexity index is 1020. The summed E-state index contributed by atoms with van der Waals surface area (Å²) in [5.41, 5.74) is 2.42. The molecule has 4 rings (SSSR count). The zero-order valence-corrected chi connectivity index (χ0v) is 16.7. The van der Waals surface area contributed by atoms with Crippen LogP contribution in [0.2, 0.25) is 0 Å². The number of hydrogen-bond donors (Lipinski definition) is 1. The lowest BCUT2D eigenvalue weighted by molar-refractivity contribution is -0.112. The molecule has 1 saturated heterocycles. The lowest BCUT2D eigenvalue weighted by Gasteiger charge is -2.18. The number of aromatic hydroxyl groups is 1. The number of phenols is 1. The van der Waals surface area contributed by atoms with Crippen molar-refractivity contribution in [3.63, 3.8) is 0 Å². The molecule has 7 nitrogen and oxygen atoms in total. The van der Waals surface area contributed by atoms with Gasteiger partial charge in [-0.05, 0) is 36.8 Å². The number of anilines is 1. The van der Waals surface area contributed by atoms with Crippen molar-refractivity contribution in [2.24, 2.45) is 9.98 Å². The summed E-state index contributed by atoms with van der Waals surface area (Å²) < 4.78 is 0. The highest BCUT2D eigenvalue weighted by molar-refractivity contribution is 8.14. The summed E-state index contributed by atoms with van der Waals surface area (Å²) in [5, 5.41) is 9.46. The molecule has 2 amide bonds. The van der Waals surface area contributed by atoms with Crippen molar-refractivity contribution in [2.75, 3.05) is 23.9 Å². The zero-order chi connectivity index (χ0) is 20.4. The second-order valence-corrected chi connectivity index (χ2v) is 7.58. The Morgan fingerprint density at radius 1 is 1.07 bits per heavy atom. The largest absolute Gasteiger partial charge is 0.508 e. The minimum absolute atomic E-state index is 0.00771. The maximum absolute atomic E-state index is 13.1. The van der Waals surface area contributed by atoms with Gasteiger partial charge in [-0.3, -0.25) is 19.4 Å². The summed E-state index contributed by atoms with van der Waals surface area (Å²) >= 11 is 1.23. The van der Waals surface area contributed by atoms with Gasteiger partial charge in [-0.15, -0.1) is 0 Å². The van der Waals surface area contributed by atoms with Crippen LogP contribution in [-0.2, 0) is 4.79 Å². The number of benzene rings is 2. The fourth-order valence-corrected chi connectivity index (χ4v) is 4.13. The molecule has 0 atom stereocenters. The van der Waals surface area contributed by atoms with Crippen LogP contribution in [0.15, 0.2) is 58.5 Å². The molecule has 148 valence electrons. The molecular formula is C21H20N4O3S. The predicted octanol–water partition coefficient (Wildman–Crippen LogP) is 3.79. The molecule has 0 aromatic heterocycles. The van der Waals surface area contributed by atoms with Crippen molar-refractivity contribution in [2.45, 2.75) is 13.3 Å². The van der Waals surface area contributed by atoms with E-state index in [0.717, 1.165) is 17.7 Å². The predicted molar refractivity (Wildman–Crippen MR) is 115 cm³/mol. The van der Waals surface area contributed by atoms with E-state index in [1.165, 1.54) is 23.9 Å². The number of hydrogen-bond acceptors (Lipinski definition) is 6. The molecule has 0 bridgehead atoms. The van der Waals surface area contributed by atoms with Gasteiger partial charge in [0.1, 0.15) is 24.0 Å². The highest BCUT2D eigenvalue weighted by Gasteiger charge is 2.34.